The molecule has 4 bridgehead atoms. The number of hydrogen-bond donors (Lipinski definition) is 7. The summed E-state index contributed by atoms with van der Waals surface area (Å²) in [5.41, 5.74) is 14.3. The van der Waals surface area contributed by atoms with E-state index in [1.807, 2.05) is 17.9 Å². The quantitative estimate of drug-likeness (QED) is 0.249. The molecule has 8 heterocycles. The molecule has 5 saturated heterocycles. The molecule has 0 spiro atoms. The van der Waals surface area contributed by atoms with Crippen LogP contribution in [-0.4, -0.2) is 87.3 Å². The van der Waals surface area contributed by atoms with Crippen molar-refractivity contribution in [2.75, 3.05) is 32.8 Å². The van der Waals surface area contributed by atoms with Crippen molar-refractivity contribution in [3.05, 3.63) is 41.5 Å². The van der Waals surface area contributed by atoms with Gasteiger partial charge in [0.2, 0.25) is 0 Å². The highest BCUT2D eigenvalue weighted by Crippen LogP contribution is 2.32. The first-order valence-corrected chi connectivity index (χ1v) is 15.5. The Hall–Kier alpha value is -1.91. The summed E-state index contributed by atoms with van der Waals surface area (Å²) >= 11 is 0. The monoisotopic (exact) mass is 566 g/mol. The molecule has 7 N–H and O–H groups in total. The predicted molar refractivity (Wildman–Crippen MR) is 153 cm³/mol. The molecule has 13 nitrogen and oxygen atoms in total. The number of rotatable bonds is 3. The zero-order valence-corrected chi connectivity index (χ0v) is 24.3. The molecule has 0 amide bonds. The van der Waals surface area contributed by atoms with Gasteiger partial charge in [0.15, 0.2) is 0 Å². The first kappa shape index (κ1) is 26.7. The average Bonchev–Trinajstić information content (AvgIpc) is 3.78. The van der Waals surface area contributed by atoms with Crippen molar-refractivity contribution in [2.45, 2.75) is 82.3 Å². The van der Waals surface area contributed by atoms with Gasteiger partial charge in [-0.3, -0.25) is 41.7 Å². The lowest BCUT2D eigenvalue weighted by molar-refractivity contribution is -0.0227. The standard InChI is InChI=1S/C28H46N12O/c1-28-10-23-18(11-29-28)12-32-40(23)7-4-8-41-27-20(14-30-36-27)26-33-21(9-25(34-26)35-28)22-5-3-6-39(22)17-38-15-19-13-31-37(2)24(19)16-38/h3,5-6,13,18,20-21,23,25-27,29-30,32-36H,4,7-12,14-17H2,1-2H3. The maximum Gasteiger partial charge on any atom is 0.127 e. The van der Waals surface area contributed by atoms with E-state index in [0.29, 0.717) is 12.0 Å². The maximum atomic E-state index is 6.44. The number of piperidine rings is 1. The summed E-state index contributed by atoms with van der Waals surface area (Å²) in [7, 11) is 2.05. The van der Waals surface area contributed by atoms with Crippen LogP contribution in [-0.2, 0) is 31.5 Å². The number of aromatic nitrogens is 3. The number of aryl methyl sites for hydroxylation is 1. The number of nitrogens with one attached hydrogen (secondary N) is 7. The molecule has 5 fully saturated rings. The molecule has 8 atom stereocenters. The normalized spacial score (nSPS) is 39.9. The van der Waals surface area contributed by atoms with Gasteiger partial charge in [0.25, 0.3) is 0 Å². The van der Waals surface area contributed by atoms with Crippen LogP contribution in [0.2, 0.25) is 0 Å². The number of hydrogen-bond acceptors (Lipinski definition) is 11. The molecule has 0 radical (unpaired) electrons. The van der Waals surface area contributed by atoms with Crippen LogP contribution in [0.15, 0.2) is 24.5 Å². The summed E-state index contributed by atoms with van der Waals surface area (Å²) in [6.07, 6.45) is 7.50. The Kier molecular flexibility index (Phi) is 6.95. The van der Waals surface area contributed by atoms with Crippen LogP contribution in [0.1, 0.15) is 49.2 Å². The van der Waals surface area contributed by atoms with E-state index < -0.39 is 0 Å². The molecule has 0 aromatic carbocycles. The van der Waals surface area contributed by atoms with Gasteiger partial charge in [-0.25, -0.2) is 10.4 Å². The molecule has 0 saturated carbocycles. The average molecular weight is 567 g/mol. The van der Waals surface area contributed by atoms with Gasteiger partial charge < -0.3 is 9.30 Å². The SMILES string of the molecule is Cn1ncc2c1CN(Cn1cccc1C1CC3NC(N1)C1CNNC1OCCCN1NCC4CNC(C)(CC41)N3)C2. The van der Waals surface area contributed by atoms with Crippen molar-refractivity contribution in [2.24, 2.45) is 18.9 Å². The van der Waals surface area contributed by atoms with Crippen LogP contribution >= 0.6 is 0 Å². The summed E-state index contributed by atoms with van der Waals surface area (Å²) < 4.78 is 10.9. The minimum Gasteiger partial charge on any atom is -0.362 e. The largest absolute Gasteiger partial charge is 0.362 e. The summed E-state index contributed by atoms with van der Waals surface area (Å²) in [4.78, 5) is 2.50. The third kappa shape index (κ3) is 5.05. The predicted octanol–water partition coefficient (Wildman–Crippen LogP) is -0.954. The van der Waals surface area contributed by atoms with Gasteiger partial charge in [-0.2, -0.15) is 5.10 Å². The van der Waals surface area contributed by atoms with Gasteiger partial charge in [0, 0.05) is 81.6 Å². The number of ether oxygens (including phenoxy) is 1. The van der Waals surface area contributed by atoms with Gasteiger partial charge in [-0.15, -0.1) is 0 Å². The minimum absolute atomic E-state index is 0.0432. The summed E-state index contributed by atoms with van der Waals surface area (Å²) in [6.45, 7) is 9.80. The highest BCUT2D eigenvalue weighted by atomic mass is 16.5. The summed E-state index contributed by atoms with van der Waals surface area (Å²) in [5, 5.41) is 22.9. The fourth-order valence-corrected chi connectivity index (χ4v) is 8.16. The molecular formula is C28H46N12O. The van der Waals surface area contributed by atoms with Gasteiger partial charge in [0.05, 0.1) is 49.2 Å². The Bertz CT molecular complexity index is 1230. The van der Waals surface area contributed by atoms with Gasteiger partial charge in [0.1, 0.15) is 6.23 Å². The van der Waals surface area contributed by atoms with E-state index in [-0.39, 0.29) is 36.2 Å². The zero-order valence-electron chi connectivity index (χ0n) is 24.3. The van der Waals surface area contributed by atoms with Crippen LogP contribution in [0, 0.1) is 11.8 Å². The lowest BCUT2D eigenvalue weighted by Crippen LogP contribution is -2.71. The van der Waals surface area contributed by atoms with Crippen LogP contribution < -0.4 is 37.5 Å². The third-order valence-electron chi connectivity index (χ3n) is 10.3. The minimum atomic E-state index is -0.140. The summed E-state index contributed by atoms with van der Waals surface area (Å²) in [6, 6.07) is 5.23. The first-order chi connectivity index (χ1) is 20.0. The molecule has 6 aliphatic heterocycles. The van der Waals surface area contributed by atoms with Crippen LogP contribution in [0.5, 0.6) is 0 Å². The molecule has 6 aliphatic rings. The van der Waals surface area contributed by atoms with E-state index in [2.05, 4.69) is 82.4 Å². The Morgan fingerprint density at radius 1 is 1.17 bits per heavy atom. The van der Waals surface area contributed by atoms with E-state index >= 15 is 0 Å². The van der Waals surface area contributed by atoms with Crippen LogP contribution in [0.4, 0.5) is 0 Å². The highest BCUT2D eigenvalue weighted by Gasteiger charge is 2.46. The van der Waals surface area contributed by atoms with E-state index in [1.165, 1.54) is 17.0 Å². The number of fused-ring (bicyclic) bond motifs is 6. The Balaban J connectivity index is 1.05. The van der Waals surface area contributed by atoms with Crippen LogP contribution in [0.3, 0.4) is 0 Å². The third-order valence-corrected chi connectivity index (χ3v) is 10.3. The fourth-order valence-electron chi connectivity index (χ4n) is 8.16. The molecule has 224 valence electrons. The van der Waals surface area contributed by atoms with E-state index in [9.17, 15) is 0 Å². The zero-order chi connectivity index (χ0) is 27.6. The molecule has 13 heteroatoms. The van der Waals surface area contributed by atoms with Crippen molar-refractivity contribution < 1.29 is 4.74 Å². The second kappa shape index (κ2) is 10.7. The molecule has 8 rings (SSSR count). The molecule has 2 aromatic heterocycles. The van der Waals surface area contributed by atoms with E-state index in [0.717, 1.165) is 71.8 Å². The van der Waals surface area contributed by atoms with Gasteiger partial charge in [-0.05, 0) is 38.3 Å². The maximum absolute atomic E-state index is 6.44. The molecule has 2 aromatic rings. The summed E-state index contributed by atoms with van der Waals surface area (Å²) in [5.74, 6) is 0.893. The van der Waals surface area contributed by atoms with Crippen molar-refractivity contribution in [1.82, 2.24) is 61.8 Å². The smallest absolute Gasteiger partial charge is 0.127 e. The molecular weight excluding hydrogens is 520 g/mol. The topological polar surface area (TPSA) is 123 Å². The van der Waals surface area contributed by atoms with Crippen LogP contribution in [0.25, 0.3) is 0 Å². The fraction of sp³-hybridized carbons (Fsp3) is 0.750. The highest BCUT2D eigenvalue weighted by molar-refractivity contribution is 5.22. The van der Waals surface area contributed by atoms with E-state index in [1.54, 1.807) is 0 Å². The Labute approximate surface area is 242 Å². The second-order valence-electron chi connectivity index (χ2n) is 13.2. The van der Waals surface area contributed by atoms with Crippen molar-refractivity contribution in [3.8, 4) is 0 Å². The first-order valence-electron chi connectivity index (χ1n) is 15.5. The molecule has 41 heavy (non-hydrogen) atoms. The molecule has 0 aliphatic carbocycles. The molecule has 8 unspecified atom stereocenters. The van der Waals surface area contributed by atoms with Gasteiger partial charge in [-0.1, -0.05) is 0 Å². The number of nitrogens with zero attached hydrogens (tertiary/aromatic N) is 5. The number of hydrazine groups is 2. The lowest BCUT2D eigenvalue weighted by Gasteiger charge is -2.49. The second-order valence-corrected chi connectivity index (χ2v) is 13.2. The Morgan fingerprint density at radius 2 is 2.12 bits per heavy atom. The van der Waals surface area contributed by atoms with Gasteiger partial charge >= 0.3 is 0 Å². The lowest BCUT2D eigenvalue weighted by atomic mass is 9.86. The van der Waals surface area contributed by atoms with Crippen molar-refractivity contribution in [3.63, 3.8) is 0 Å². The van der Waals surface area contributed by atoms with Crippen molar-refractivity contribution >= 4 is 0 Å². The van der Waals surface area contributed by atoms with Crippen molar-refractivity contribution in [1.29, 1.82) is 0 Å². The Morgan fingerprint density at radius 3 is 3.05 bits per heavy atom. The van der Waals surface area contributed by atoms with E-state index in [4.69, 9.17) is 4.74 Å².